The summed E-state index contributed by atoms with van der Waals surface area (Å²) in [5.41, 5.74) is -0.735. The molecule has 0 bridgehead atoms. The van der Waals surface area contributed by atoms with E-state index in [1.807, 2.05) is 6.07 Å². The maximum absolute atomic E-state index is 11.5. The molecular weight excluding hydrogens is 182 g/mol. The van der Waals surface area contributed by atoms with Gasteiger partial charge >= 0.3 is 5.97 Å². The van der Waals surface area contributed by atoms with Gasteiger partial charge in [0.2, 0.25) is 0 Å². The fraction of sp³-hybridized carbons (Fsp3) is 0.556. The van der Waals surface area contributed by atoms with E-state index in [4.69, 9.17) is 4.74 Å². The minimum Gasteiger partial charge on any atom is -0.468 e. The van der Waals surface area contributed by atoms with Gasteiger partial charge in [-0.1, -0.05) is 0 Å². The van der Waals surface area contributed by atoms with Crippen LogP contribution in [0.25, 0.3) is 0 Å². The third-order valence-corrected chi connectivity index (χ3v) is 2.23. The average Bonchev–Trinajstić information content (AvgIpc) is 2.68. The van der Waals surface area contributed by atoms with Crippen LogP contribution in [-0.4, -0.2) is 35.4 Å². The van der Waals surface area contributed by atoms with Crippen molar-refractivity contribution in [3.63, 3.8) is 0 Å². The Morgan fingerprint density at radius 3 is 2.86 bits per heavy atom. The van der Waals surface area contributed by atoms with Crippen LogP contribution in [0, 0.1) is 0 Å². The Morgan fingerprint density at radius 1 is 1.71 bits per heavy atom. The molecule has 0 aliphatic carbocycles. The fourth-order valence-electron chi connectivity index (χ4n) is 1.19. The topological polar surface area (TPSA) is 56.2 Å². The highest BCUT2D eigenvalue weighted by atomic mass is 16.5. The number of nitrogens with zero attached hydrogens (tertiary/aromatic N) is 2. The minimum atomic E-state index is -0.735. The van der Waals surface area contributed by atoms with E-state index in [0.29, 0.717) is 6.54 Å². The summed E-state index contributed by atoms with van der Waals surface area (Å²) in [5, 5.41) is 6.97. The molecule has 1 N–H and O–H groups in total. The monoisotopic (exact) mass is 197 g/mol. The molecule has 1 unspecified atom stereocenters. The molecule has 5 nitrogen and oxygen atoms in total. The van der Waals surface area contributed by atoms with Crippen LogP contribution < -0.4 is 5.32 Å². The Hall–Kier alpha value is -1.36. The summed E-state index contributed by atoms with van der Waals surface area (Å²) in [7, 11) is 3.10. The van der Waals surface area contributed by atoms with E-state index < -0.39 is 5.54 Å². The van der Waals surface area contributed by atoms with Crippen LogP contribution in [0.1, 0.15) is 6.92 Å². The molecule has 1 aromatic rings. The standard InChI is InChI=1S/C9H15N3O2/c1-9(10-2,8(13)14-3)7-12-6-4-5-11-12/h4-6,10H,7H2,1-3H3. The van der Waals surface area contributed by atoms with Gasteiger partial charge in [0.1, 0.15) is 5.54 Å². The number of esters is 1. The molecule has 0 aliphatic rings. The fourth-order valence-corrected chi connectivity index (χ4v) is 1.19. The first-order valence-electron chi connectivity index (χ1n) is 4.37. The van der Waals surface area contributed by atoms with E-state index in [9.17, 15) is 4.79 Å². The molecule has 14 heavy (non-hydrogen) atoms. The number of nitrogens with one attached hydrogen (secondary N) is 1. The molecule has 0 saturated carbocycles. The highest BCUT2D eigenvalue weighted by molar-refractivity contribution is 5.80. The Morgan fingerprint density at radius 2 is 2.43 bits per heavy atom. The number of carbonyl (C=O) groups excluding carboxylic acids is 1. The Labute approximate surface area is 83.1 Å². The van der Waals surface area contributed by atoms with Crippen molar-refractivity contribution in [3.8, 4) is 0 Å². The van der Waals surface area contributed by atoms with Crippen molar-refractivity contribution in [2.75, 3.05) is 14.2 Å². The Bertz CT molecular complexity index is 297. The third kappa shape index (κ3) is 2.11. The molecule has 1 rings (SSSR count). The third-order valence-electron chi connectivity index (χ3n) is 2.23. The predicted molar refractivity (Wildman–Crippen MR) is 51.7 cm³/mol. The van der Waals surface area contributed by atoms with Crippen LogP contribution in [0.15, 0.2) is 18.5 Å². The molecular formula is C9H15N3O2. The summed E-state index contributed by atoms with van der Waals surface area (Å²) in [6.07, 6.45) is 3.48. The molecule has 1 aromatic heterocycles. The maximum atomic E-state index is 11.5. The van der Waals surface area contributed by atoms with E-state index in [2.05, 4.69) is 10.4 Å². The smallest absolute Gasteiger partial charge is 0.327 e. The van der Waals surface area contributed by atoms with Crippen molar-refractivity contribution in [1.82, 2.24) is 15.1 Å². The predicted octanol–water partition coefficient (Wildman–Crippen LogP) is 0.0342. The van der Waals surface area contributed by atoms with E-state index in [1.54, 1.807) is 31.0 Å². The normalized spacial score (nSPS) is 14.8. The van der Waals surface area contributed by atoms with Gasteiger partial charge in [0.15, 0.2) is 0 Å². The zero-order valence-corrected chi connectivity index (χ0v) is 8.65. The number of aromatic nitrogens is 2. The van der Waals surface area contributed by atoms with Crippen LogP contribution in [0.5, 0.6) is 0 Å². The number of carbonyl (C=O) groups is 1. The van der Waals surface area contributed by atoms with Crippen molar-refractivity contribution < 1.29 is 9.53 Å². The van der Waals surface area contributed by atoms with Crippen LogP contribution >= 0.6 is 0 Å². The second-order valence-electron chi connectivity index (χ2n) is 3.28. The lowest BCUT2D eigenvalue weighted by Crippen LogP contribution is -2.51. The molecule has 5 heteroatoms. The van der Waals surface area contributed by atoms with E-state index in [-0.39, 0.29) is 5.97 Å². The van der Waals surface area contributed by atoms with Gasteiger partial charge in [-0.2, -0.15) is 5.10 Å². The molecule has 0 fully saturated rings. The molecule has 0 aromatic carbocycles. The maximum Gasteiger partial charge on any atom is 0.327 e. The molecule has 1 atom stereocenters. The van der Waals surface area contributed by atoms with Crippen molar-refractivity contribution in [2.45, 2.75) is 19.0 Å². The van der Waals surface area contributed by atoms with Gasteiger partial charge in [0, 0.05) is 12.4 Å². The van der Waals surface area contributed by atoms with Gasteiger partial charge in [-0.3, -0.25) is 4.68 Å². The summed E-state index contributed by atoms with van der Waals surface area (Å²) in [5.74, 6) is -0.296. The molecule has 0 amide bonds. The minimum absolute atomic E-state index is 0.296. The largest absolute Gasteiger partial charge is 0.468 e. The highest BCUT2D eigenvalue weighted by Crippen LogP contribution is 2.08. The van der Waals surface area contributed by atoms with E-state index in [0.717, 1.165) is 0 Å². The van der Waals surface area contributed by atoms with Crippen molar-refractivity contribution in [2.24, 2.45) is 0 Å². The lowest BCUT2D eigenvalue weighted by molar-refractivity contribution is -0.148. The molecule has 78 valence electrons. The summed E-state index contributed by atoms with van der Waals surface area (Å²) in [4.78, 5) is 11.5. The average molecular weight is 197 g/mol. The molecule has 0 aliphatic heterocycles. The summed E-state index contributed by atoms with van der Waals surface area (Å²) in [6.45, 7) is 2.23. The summed E-state index contributed by atoms with van der Waals surface area (Å²) < 4.78 is 6.40. The molecule has 0 saturated heterocycles. The SMILES string of the molecule is CNC(C)(Cn1cccn1)C(=O)OC. The molecule has 0 spiro atoms. The van der Waals surface area contributed by atoms with E-state index in [1.165, 1.54) is 7.11 Å². The first-order valence-corrected chi connectivity index (χ1v) is 4.37. The van der Waals surface area contributed by atoms with E-state index >= 15 is 0 Å². The van der Waals surface area contributed by atoms with Crippen molar-refractivity contribution >= 4 is 5.97 Å². The molecule has 1 heterocycles. The first-order chi connectivity index (χ1) is 6.62. The summed E-state index contributed by atoms with van der Waals surface area (Å²) >= 11 is 0. The molecule has 0 radical (unpaired) electrons. The number of ether oxygens (including phenoxy) is 1. The highest BCUT2D eigenvalue weighted by Gasteiger charge is 2.33. The van der Waals surface area contributed by atoms with Gasteiger partial charge in [0.25, 0.3) is 0 Å². The van der Waals surface area contributed by atoms with Crippen molar-refractivity contribution in [1.29, 1.82) is 0 Å². The number of hydrogen-bond acceptors (Lipinski definition) is 4. The lowest BCUT2D eigenvalue weighted by atomic mass is 10.0. The Balaban J connectivity index is 2.76. The zero-order valence-electron chi connectivity index (χ0n) is 8.65. The van der Waals surface area contributed by atoms with Crippen LogP contribution in [0.3, 0.4) is 0 Å². The number of hydrogen-bond donors (Lipinski definition) is 1. The second kappa shape index (κ2) is 4.23. The summed E-state index contributed by atoms with van der Waals surface area (Å²) in [6, 6.07) is 1.81. The lowest BCUT2D eigenvalue weighted by Gasteiger charge is -2.25. The zero-order chi connectivity index (χ0) is 10.6. The van der Waals surface area contributed by atoms with Gasteiger partial charge in [0.05, 0.1) is 13.7 Å². The first kappa shape index (κ1) is 10.7. The van der Waals surface area contributed by atoms with Crippen LogP contribution in [0.2, 0.25) is 0 Å². The Kier molecular flexibility index (Phi) is 3.24. The van der Waals surface area contributed by atoms with Gasteiger partial charge in [-0.05, 0) is 20.0 Å². The van der Waals surface area contributed by atoms with Gasteiger partial charge in [-0.15, -0.1) is 0 Å². The number of methoxy groups -OCH3 is 1. The number of rotatable bonds is 4. The van der Waals surface area contributed by atoms with Gasteiger partial charge < -0.3 is 10.1 Å². The quantitative estimate of drug-likeness (QED) is 0.692. The number of likely N-dealkylation sites (N-methyl/N-ethyl adjacent to an activating group) is 1. The van der Waals surface area contributed by atoms with Gasteiger partial charge in [-0.25, -0.2) is 4.79 Å². The van der Waals surface area contributed by atoms with Crippen molar-refractivity contribution in [3.05, 3.63) is 18.5 Å². The second-order valence-corrected chi connectivity index (χ2v) is 3.28. The van der Waals surface area contributed by atoms with Crippen LogP contribution in [-0.2, 0) is 16.1 Å². The van der Waals surface area contributed by atoms with Crippen LogP contribution in [0.4, 0.5) is 0 Å².